The van der Waals surface area contributed by atoms with Crippen LogP contribution in [-0.2, 0) is 0 Å². The molecule has 1 heterocycles. The van der Waals surface area contributed by atoms with E-state index < -0.39 is 0 Å². The fourth-order valence-corrected chi connectivity index (χ4v) is 3.14. The number of nitrogens with zero attached hydrogens (tertiary/aromatic N) is 1. The molecule has 28 heavy (non-hydrogen) atoms. The van der Waals surface area contributed by atoms with Crippen LogP contribution in [0.2, 0.25) is 5.02 Å². The molecule has 0 atom stereocenters. The molecule has 2 aromatic carbocycles. The van der Waals surface area contributed by atoms with E-state index in [1.54, 1.807) is 43.3 Å². The van der Waals surface area contributed by atoms with Gasteiger partial charge in [0.2, 0.25) is 5.88 Å². The molecule has 5 nitrogen and oxygen atoms in total. The van der Waals surface area contributed by atoms with E-state index in [-0.39, 0.29) is 11.7 Å². The van der Waals surface area contributed by atoms with E-state index in [2.05, 4.69) is 31.5 Å². The van der Waals surface area contributed by atoms with Crippen LogP contribution < -0.4 is 15.4 Å². The largest absolute Gasteiger partial charge is 0.481 e. The zero-order valence-corrected chi connectivity index (χ0v) is 17.4. The van der Waals surface area contributed by atoms with Crippen LogP contribution in [0.1, 0.15) is 16.1 Å². The Morgan fingerprint density at radius 3 is 2.50 bits per heavy atom. The molecule has 0 aliphatic rings. The number of hydrogen-bond donors (Lipinski definition) is 2. The SMILES string of the molecule is COc1ccc(NC(=O)c2cc(Cl)ccc2Nc2ccc(F)cc2Br)c(C)n1. The second-order valence-electron chi connectivity index (χ2n) is 5.88. The third kappa shape index (κ3) is 4.61. The highest BCUT2D eigenvalue weighted by atomic mass is 79.9. The highest BCUT2D eigenvalue weighted by Crippen LogP contribution is 2.30. The fourth-order valence-electron chi connectivity index (χ4n) is 2.52. The molecule has 8 heteroatoms. The van der Waals surface area contributed by atoms with E-state index in [9.17, 15) is 9.18 Å². The van der Waals surface area contributed by atoms with Gasteiger partial charge in [-0.15, -0.1) is 0 Å². The molecule has 0 aliphatic carbocycles. The maximum absolute atomic E-state index is 13.3. The minimum Gasteiger partial charge on any atom is -0.481 e. The number of aromatic nitrogens is 1. The van der Waals surface area contributed by atoms with Gasteiger partial charge in [-0.25, -0.2) is 9.37 Å². The van der Waals surface area contributed by atoms with E-state index >= 15 is 0 Å². The van der Waals surface area contributed by atoms with E-state index in [0.717, 1.165) is 0 Å². The highest BCUT2D eigenvalue weighted by Gasteiger charge is 2.15. The second-order valence-corrected chi connectivity index (χ2v) is 7.17. The summed E-state index contributed by atoms with van der Waals surface area (Å²) in [5.74, 6) is -0.269. The molecule has 0 bridgehead atoms. The van der Waals surface area contributed by atoms with Crippen LogP contribution in [0, 0.1) is 12.7 Å². The van der Waals surface area contributed by atoms with E-state index in [0.29, 0.717) is 43.7 Å². The Kier molecular flexibility index (Phi) is 6.16. The van der Waals surface area contributed by atoms with Crippen molar-refractivity contribution in [2.75, 3.05) is 17.7 Å². The van der Waals surface area contributed by atoms with Gasteiger partial charge in [0.1, 0.15) is 5.82 Å². The molecule has 0 spiro atoms. The number of amides is 1. The predicted octanol–water partition coefficient (Wildman–Crippen LogP) is 5.95. The average Bonchev–Trinajstić information content (AvgIpc) is 2.66. The maximum Gasteiger partial charge on any atom is 0.257 e. The summed E-state index contributed by atoms with van der Waals surface area (Å²) in [5.41, 5.74) is 2.64. The van der Waals surface area contributed by atoms with Crippen LogP contribution in [-0.4, -0.2) is 18.0 Å². The normalized spacial score (nSPS) is 10.5. The predicted molar refractivity (Wildman–Crippen MR) is 112 cm³/mol. The van der Waals surface area contributed by atoms with E-state index in [1.807, 2.05) is 0 Å². The number of hydrogen-bond acceptors (Lipinski definition) is 4. The molecule has 0 fully saturated rings. The van der Waals surface area contributed by atoms with Gasteiger partial charge in [-0.2, -0.15) is 0 Å². The van der Waals surface area contributed by atoms with Crippen molar-refractivity contribution < 1.29 is 13.9 Å². The number of carbonyl (C=O) groups excluding carboxylic acids is 1. The Hall–Kier alpha value is -2.64. The molecule has 0 saturated carbocycles. The van der Waals surface area contributed by atoms with Crippen molar-refractivity contribution in [3.8, 4) is 5.88 Å². The van der Waals surface area contributed by atoms with Crippen molar-refractivity contribution in [3.63, 3.8) is 0 Å². The zero-order chi connectivity index (χ0) is 20.3. The van der Waals surface area contributed by atoms with Crippen molar-refractivity contribution in [2.45, 2.75) is 6.92 Å². The Morgan fingerprint density at radius 2 is 1.82 bits per heavy atom. The summed E-state index contributed by atoms with van der Waals surface area (Å²) >= 11 is 9.40. The highest BCUT2D eigenvalue weighted by molar-refractivity contribution is 9.10. The summed E-state index contributed by atoms with van der Waals surface area (Å²) in [7, 11) is 1.53. The molecular weight excluding hydrogens is 449 g/mol. The first-order chi connectivity index (χ1) is 13.4. The summed E-state index contributed by atoms with van der Waals surface area (Å²) in [6.07, 6.45) is 0. The van der Waals surface area contributed by atoms with Gasteiger partial charge in [-0.05, 0) is 65.3 Å². The maximum atomic E-state index is 13.3. The van der Waals surface area contributed by atoms with Crippen LogP contribution in [0.3, 0.4) is 0 Å². The summed E-state index contributed by atoms with van der Waals surface area (Å²) in [6.45, 7) is 1.77. The topological polar surface area (TPSA) is 63.2 Å². The van der Waals surface area contributed by atoms with Gasteiger partial charge in [0.25, 0.3) is 5.91 Å². The average molecular weight is 465 g/mol. The number of rotatable bonds is 5. The molecule has 3 rings (SSSR count). The minimum atomic E-state index is -0.367. The molecule has 0 radical (unpaired) electrons. The summed E-state index contributed by atoms with van der Waals surface area (Å²) < 4.78 is 18.9. The number of halogens is 3. The molecule has 1 aromatic heterocycles. The van der Waals surface area contributed by atoms with Crippen molar-refractivity contribution in [1.29, 1.82) is 0 Å². The van der Waals surface area contributed by atoms with E-state index in [1.165, 1.54) is 19.2 Å². The Labute approximate surface area is 175 Å². The molecule has 144 valence electrons. The molecule has 0 aliphatic heterocycles. The van der Waals surface area contributed by atoms with Crippen molar-refractivity contribution in [1.82, 2.24) is 4.98 Å². The van der Waals surface area contributed by atoms with Gasteiger partial charge in [0.15, 0.2) is 0 Å². The third-order valence-electron chi connectivity index (χ3n) is 3.94. The number of methoxy groups -OCH3 is 1. The van der Waals surface area contributed by atoms with Gasteiger partial charge in [0, 0.05) is 15.6 Å². The number of pyridine rings is 1. The van der Waals surface area contributed by atoms with Crippen LogP contribution in [0.15, 0.2) is 53.0 Å². The number of aryl methyl sites for hydroxylation is 1. The summed E-state index contributed by atoms with van der Waals surface area (Å²) in [4.78, 5) is 17.1. The first kappa shape index (κ1) is 20.1. The second kappa shape index (κ2) is 8.58. The van der Waals surface area contributed by atoms with Crippen LogP contribution in [0.5, 0.6) is 5.88 Å². The van der Waals surface area contributed by atoms with Crippen LogP contribution >= 0.6 is 27.5 Å². The lowest BCUT2D eigenvalue weighted by molar-refractivity contribution is 0.102. The molecule has 3 aromatic rings. The van der Waals surface area contributed by atoms with Crippen LogP contribution in [0.25, 0.3) is 0 Å². The summed E-state index contributed by atoms with van der Waals surface area (Å²) in [5, 5.41) is 6.37. The van der Waals surface area contributed by atoms with Gasteiger partial charge in [-0.1, -0.05) is 11.6 Å². The first-order valence-corrected chi connectivity index (χ1v) is 9.39. The fraction of sp³-hybridized carbons (Fsp3) is 0.100. The van der Waals surface area contributed by atoms with Crippen molar-refractivity contribution in [2.24, 2.45) is 0 Å². The summed E-state index contributed by atoms with van der Waals surface area (Å²) in [6, 6.07) is 12.5. The molecule has 0 unspecified atom stereocenters. The van der Waals surface area contributed by atoms with Crippen molar-refractivity contribution >= 4 is 50.5 Å². The standard InChI is InChI=1S/C20H16BrClFN3O2/c1-11-16(7-8-19(24-11)28-2)26-20(27)14-9-12(22)3-5-17(14)25-18-6-4-13(23)10-15(18)21/h3-10,25H,1-2H3,(H,26,27). The quantitative estimate of drug-likeness (QED) is 0.490. The monoisotopic (exact) mass is 463 g/mol. The number of nitrogens with one attached hydrogen (secondary N) is 2. The van der Waals surface area contributed by atoms with Gasteiger partial charge in [0.05, 0.1) is 35.4 Å². The van der Waals surface area contributed by atoms with E-state index in [4.69, 9.17) is 16.3 Å². The van der Waals surface area contributed by atoms with Gasteiger partial charge in [-0.3, -0.25) is 4.79 Å². The lowest BCUT2D eigenvalue weighted by Crippen LogP contribution is -2.15. The van der Waals surface area contributed by atoms with Crippen LogP contribution in [0.4, 0.5) is 21.5 Å². The Balaban J connectivity index is 1.90. The molecule has 0 saturated heterocycles. The smallest absolute Gasteiger partial charge is 0.257 e. The molecular formula is C20H16BrClFN3O2. The lowest BCUT2D eigenvalue weighted by Gasteiger charge is -2.15. The van der Waals surface area contributed by atoms with Crippen molar-refractivity contribution in [3.05, 3.63) is 75.1 Å². The number of ether oxygens (including phenoxy) is 1. The number of anilines is 3. The Morgan fingerprint density at radius 1 is 1.11 bits per heavy atom. The Bertz CT molecular complexity index is 1050. The number of benzene rings is 2. The number of carbonyl (C=O) groups is 1. The van der Waals surface area contributed by atoms with Gasteiger partial charge >= 0.3 is 0 Å². The molecule has 1 amide bonds. The first-order valence-electron chi connectivity index (χ1n) is 8.22. The van der Waals surface area contributed by atoms with Gasteiger partial charge < -0.3 is 15.4 Å². The minimum absolute atomic E-state index is 0.332. The lowest BCUT2D eigenvalue weighted by atomic mass is 10.1. The zero-order valence-electron chi connectivity index (χ0n) is 15.0. The third-order valence-corrected chi connectivity index (χ3v) is 4.84. The molecule has 2 N–H and O–H groups in total.